The van der Waals surface area contributed by atoms with Crippen LogP contribution in [0.1, 0.15) is 17.5 Å². The molecule has 1 aliphatic rings. The number of carbonyl (C=O) groups is 1. The summed E-state index contributed by atoms with van der Waals surface area (Å²) in [6.45, 7) is 1.97. The molecule has 2 aromatic carbocycles. The number of sulfone groups is 1. The number of nitrogens with zero attached hydrogens (tertiary/aromatic N) is 1. The number of rotatable bonds is 7. The Labute approximate surface area is 176 Å². The van der Waals surface area contributed by atoms with Gasteiger partial charge >= 0.3 is 0 Å². The first-order valence-electron chi connectivity index (χ1n) is 9.29. The van der Waals surface area contributed by atoms with Gasteiger partial charge in [0.05, 0.1) is 18.6 Å². The smallest absolute Gasteiger partial charge is 0.261 e. The fraction of sp³-hybridized carbons (Fsp3) is 0.381. The van der Waals surface area contributed by atoms with Gasteiger partial charge in [0.2, 0.25) is 0 Å². The van der Waals surface area contributed by atoms with E-state index in [1.54, 1.807) is 30.2 Å². The molecule has 1 amide bonds. The Balaban J connectivity index is 1.76. The van der Waals surface area contributed by atoms with Crippen LogP contribution >= 0.6 is 11.6 Å². The summed E-state index contributed by atoms with van der Waals surface area (Å²) >= 11 is 6.02. The predicted octanol–water partition coefficient (Wildman–Crippen LogP) is 3.25. The van der Waals surface area contributed by atoms with Gasteiger partial charge < -0.3 is 14.4 Å². The number of ether oxygens (including phenoxy) is 2. The van der Waals surface area contributed by atoms with Gasteiger partial charge in [0.25, 0.3) is 5.91 Å². The first-order valence-corrected chi connectivity index (χ1v) is 11.5. The van der Waals surface area contributed by atoms with Crippen LogP contribution in [0.3, 0.4) is 0 Å². The summed E-state index contributed by atoms with van der Waals surface area (Å²) in [7, 11) is -1.55. The monoisotopic (exact) mass is 437 g/mol. The summed E-state index contributed by atoms with van der Waals surface area (Å²) in [5, 5.41) is 0.625. The maximum Gasteiger partial charge on any atom is 0.261 e. The minimum absolute atomic E-state index is 0.0250. The molecule has 0 bridgehead atoms. The lowest BCUT2D eigenvalue weighted by Crippen LogP contribution is -2.43. The number of benzene rings is 2. The molecule has 0 radical (unpaired) electrons. The molecule has 0 aromatic heterocycles. The SMILES string of the molecule is COc1cccc(CN(C(=O)COc2ccc(Cl)c(C)c2)[C@@H]2CCS(=O)(=O)C2)c1. The van der Waals surface area contributed by atoms with Crippen LogP contribution in [-0.4, -0.2) is 50.5 Å². The molecule has 2 aromatic rings. The number of methoxy groups -OCH3 is 1. The Morgan fingerprint density at radius 3 is 2.66 bits per heavy atom. The van der Waals surface area contributed by atoms with Gasteiger partial charge in [-0.05, 0) is 54.8 Å². The lowest BCUT2D eigenvalue weighted by Gasteiger charge is -2.28. The minimum Gasteiger partial charge on any atom is -0.497 e. The largest absolute Gasteiger partial charge is 0.497 e. The molecule has 0 spiro atoms. The number of carbonyl (C=O) groups excluding carboxylic acids is 1. The summed E-state index contributed by atoms with van der Waals surface area (Å²) in [5.74, 6) is 1.03. The highest BCUT2D eigenvalue weighted by Gasteiger charge is 2.34. The first kappa shape index (κ1) is 21.5. The molecule has 1 saturated heterocycles. The highest BCUT2D eigenvalue weighted by atomic mass is 35.5. The number of hydrogen-bond donors (Lipinski definition) is 0. The van der Waals surface area contributed by atoms with E-state index in [0.29, 0.717) is 29.5 Å². The molecule has 1 atom stereocenters. The molecule has 156 valence electrons. The van der Waals surface area contributed by atoms with E-state index in [2.05, 4.69) is 0 Å². The van der Waals surface area contributed by atoms with Crippen molar-refractivity contribution in [1.82, 2.24) is 4.90 Å². The van der Waals surface area contributed by atoms with E-state index in [-0.39, 0.29) is 30.1 Å². The van der Waals surface area contributed by atoms with Gasteiger partial charge in [0.1, 0.15) is 11.5 Å². The molecule has 29 heavy (non-hydrogen) atoms. The van der Waals surface area contributed by atoms with Crippen LogP contribution in [-0.2, 0) is 21.2 Å². The van der Waals surface area contributed by atoms with E-state index >= 15 is 0 Å². The molecule has 1 fully saturated rings. The van der Waals surface area contributed by atoms with Gasteiger partial charge in [-0.3, -0.25) is 4.79 Å². The van der Waals surface area contributed by atoms with Crippen LogP contribution < -0.4 is 9.47 Å². The molecule has 1 heterocycles. The molecule has 0 unspecified atom stereocenters. The fourth-order valence-corrected chi connectivity index (χ4v) is 5.19. The van der Waals surface area contributed by atoms with Crippen molar-refractivity contribution < 1.29 is 22.7 Å². The molecular weight excluding hydrogens is 414 g/mol. The molecule has 0 aliphatic carbocycles. The number of amides is 1. The van der Waals surface area contributed by atoms with Crippen LogP contribution in [0.5, 0.6) is 11.5 Å². The zero-order valence-corrected chi connectivity index (χ0v) is 18.0. The van der Waals surface area contributed by atoms with Crippen molar-refractivity contribution in [2.45, 2.75) is 25.9 Å². The molecular formula is C21H24ClNO5S. The predicted molar refractivity (Wildman–Crippen MR) is 112 cm³/mol. The Kier molecular flexibility index (Phi) is 6.70. The Hall–Kier alpha value is -2.25. The van der Waals surface area contributed by atoms with Crippen LogP contribution in [0.25, 0.3) is 0 Å². The highest BCUT2D eigenvalue weighted by Crippen LogP contribution is 2.24. The summed E-state index contributed by atoms with van der Waals surface area (Å²) < 4.78 is 34.8. The van der Waals surface area contributed by atoms with Crippen molar-refractivity contribution in [1.29, 1.82) is 0 Å². The minimum atomic E-state index is -3.13. The zero-order valence-electron chi connectivity index (χ0n) is 16.4. The Morgan fingerprint density at radius 1 is 1.21 bits per heavy atom. The summed E-state index contributed by atoms with van der Waals surface area (Å²) in [6.07, 6.45) is 0.429. The third-order valence-electron chi connectivity index (χ3n) is 4.95. The van der Waals surface area contributed by atoms with Crippen molar-refractivity contribution in [2.75, 3.05) is 25.2 Å². The van der Waals surface area contributed by atoms with Crippen LogP contribution in [0.2, 0.25) is 5.02 Å². The van der Waals surface area contributed by atoms with Crippen molar-refractivity contribution in [3.05, 3.63) is 58.6 Å². The lowest BCUT2D eigenvalue weighted by atomic mass is 10.1. The number of halogens is 1. The second kappa shape index (κ2) is 9.05. The van der Waals surface area contributed by atoms with E-state index in [4.69, 9.17) is 21.1 Å². The van der Waals surface area contributed by atoms with Crippen LogP contribution in [0, 0.1) is 6.92 Å². The summed E-state index contributed by atoms with van der Waals surface area (Å²) in [5.41, 5.74) is 1.72. The van der Waals surface area contributed by atoms with Crippen molar-refractivity contribution >= 4 is 27.3 Å². The van der Waals surface area contributed by atoms with Gasteiger partial charge in [-0.15, -0.1) is 0 Å². The zero-order chi connectivity index (χ0) is 21.0. The van der Waals surface area contributed by atoms with E-state index < -0.39 is 9.84 Å². The maximum atomic E-state index is 13.0. The fourth-order valence-electron chi connectivity index (χ4n) is 3.34. The van der Waals surface area contributed by atoms with Crippen molar-refractivity contribution in [3.8, 4) is 11.5 Å². The second-order valence-electron chi connectivity index (χ2n) is 7.13. The lowest BCUT2D eigenvalue weighted by molar-refractivity contribution is -0.136. The summed E-state index contributed by atoms with van der Waals surface area (Å²) in [4.78, 5) is 14.6. The third-order valence-corrected chi connectivity index (χ3v) is 7.12. The number of aryl methyl sites for hydroxylation is 1. The second-order valence-corrected chi connectivity index (χ2v) is 9.77. The average Bonchev–Trinajstić information content (AvgIpc) is 3.06. The highest BCUT2D eigenvalue weighted by molar-refractivity contribution is 7.91. The summed E-state index contributed by atoms with van der Waals surface area (Å²) in [6, 6.07) is 12.2. The standard InChI is InChI=1S/C21H24ClNO5S/c1-15-10-19(6-7-20(15)22)28-13-21(24)23(17-8-9-29(25,26)14-17)12-16-4-3-5-18(11-16)27-2/h3-7,10-11,17H,8-9,12-14H2,1-2H3/t17-/m1/s1. The first-order chi connectivity index (χ1) is 13.8. The molecule has 0 saturated carbocycles. The van der Waals surface area contributed by atoms with Crippen LogP contribution in [0.4, 0.5) is 0 Å². The third kappa shape index (κ3) is 5.64. The number of hydrogen-bond acceptors (Lipinski definition) is 5. The van der Waals surface area contributed by atoms with E-state index in [1.807, 2.05) is 31.2 Å². The van der Waals surface area contributed by atoms with Gasteiger partial charge in [0, 0.05) is 17.6 Å². The quantitative estimate of drug-likeness (QED) is 0.664. The molecule has 6 nitrogen and oxygen atoms in total. The Morgan fingerprint density at radius 2 is 2.00 bits per heavy atom. The van der Waals surface area contributed by atoms with Crippen LogP contribution in [0.15, 0.2) is 42.5 Å². The van der Waals surface area contributed by atoms with Gasteiger partial charge in [0.15, 0.2) is 16.4 Å². The molecule has 1 aliphatic heterocycles. The van der Waals surface area contributed by atoms with E-state index in [1.165, 1.54) is 0 Å². The van der Waals surface area contributed by atoms with E-state index in [0.717, 1.165) is 11.1 Å². The Bertz CT molecular complexity index is 992. The van der Waals surface area contributed by atoms with Gasteiger partial charge in [-0.25, -0.2) is 8.42 Å². The molecule has 3 rings (SSSR count). The van der Waals surface area contributed by atoms with Crippen molar-refractivity contribution in [2.24, 2.45) is 0 Å². The normalized spacial score (nSPS) is 17.7. The van der Waals surface area contributed by atoms with Gasteiger partial charge in [-0.2, -0.15) is 0 Å². The average molecular weight is 438 g/mol. The topological polar surface area (TPSA) is 72.9 Å². The van der Waals surface area contributed by atoms with Gasteiger partial charge in [-0.1, -0.05) is 23.7 Å². The maximum absolute atomic E-state index is 13.0. The van der Waals surface area contributed by atoms with Crippen molar-refractivity contribution in [3.63, 3.8) is 0 Å². The molecule has 8 heteroatoms. The molecule has 0 N–H and O–H groups in total. The van der Waals surface area contributed by atoms with E-state index in [9.17, 15) is 13.2 Å².